The van der Waals surface area contributed by atoms with Crippen molar-refractivity contribution in [1.29, 1.82) is 0 Å². The molecule has 0 saturated carbocycles. The summed E-state index contributed by atoms with van der Waals surface area (Å²) in [5, 5.41) is 5.72. The van der Waals surface area contributed by atoms with E-state index in [4.69, 9.17) is 4.74 Å². The molecule has 2 aromatic carbocycles. The Morgan fingerprint density at radius 3 is 2.90 bits per heavy atom. The zero-order chi connectivity index (χ0) is 19.6. The molecule has 0 bridgehead atoms. The van der Waals surface area contributed by atoms with Crippen LogP contribution in [0.2, 0.25) is 0 Å². The molecule has 164 valence electrons. The third-order valence-corrected chi connectivity index (χ3v) is 5.75. The Morgan fingerprint density at radius 1 is 1.10 bits per heavy atom. The number of fused-ring (bicyclic) bond motifs is 4. The van der Waals surface area contributed by atoms with Gasteiger partial charge in [-0.25, -0.2) is 4.39 Å². The second-order valence-corrected chi connectivity index (χ2v) is 7.75. The Kier molecular flexibility index (Phi) is 7.76. The Labute approximate surface area is 193 Å². The number of pyridine rings is 1. The highest BCUT2D eigenvalue weighted by Gasteiger charge is 2.21. The molecule has 1 atom stereocenters. The van der Waals surface area contributed by atoms with Gasteiger partial charge < -0.3 is 15.0 Å². The lowest BCUT2D eigenvalue weighted by atomic mass is 9.99. The molecule has 0 fully saturated rings. The number of hydrogen-bond donors (Lipinski definition) is 2. The predicted molar refractivity (Wildman–Crippen MR) is 128 cm³/mol. The number of aromatic nitrogens is 2. The fourth-order valence-electron chi connectivity index (χ4n) is 4.25. The summed E-state index contributed by atoms with van der Waals surface area (Å²) in [5.74, 6) is 0.807. The number of benzene rings is 2. The van der Waals surface area contributed by atoms with Crippen molar-refractivity contribution in [2.45, 2.75) is 31.7 Å². The first-order chi connectivity index (χ1) is 14.3. The van der Waals surface area contributed by atoms with Crippen LogP contribution in [-0.4, -0.2) is 29.2 Å². The molecule has 0 aliphatic carbocycles. The molecule has 1 aliphatic heterocycles. The normalized spacial score (nSPS) is 15.1. The molecule has 5 rings (SSSR count). The summed E-state index contributed by atoms with van der Waals surface area (Å²) in [5.41, 5.74) is 4.42. The summed E-state index contributed by atoms with van der Waals surface area (Å²) in [7, 11) is 0. The van der Waals surface area contributed by atoms with Crippen molar-refractivity contribution in [2.24, 2.45) is 0 Å². The lowest BCUT2D eigenvalue weighted by Crippen LogP contribution is -2.39. The number of ether oxygens (including phenoxy) is 1. The minimum Gasteiger partial charge on any atom is -0.491 e. The topological polar surface area (TPSA) is 49.9 Å². The standard InChI is InChI=1S/C24H24FN3O.2ClH/c25-18-7-9-23-21(13-18)17(14-28-23)4-1-2-10-26-19-12-16-6-8-22-20(5-3-11-27-22)24(16)29-15-19;;/h3,5-9,11,13-14,19,26,28H,1-2,4,10,12,15H2;2*1H. The average molecular weight is 462 g/mol. The van der Waals surface area contributed by atoms with E-state index < -0.39 is 0 Å². The Hall–Kier alpha value is -2.34. The minimum atomic E-state index is -0.179. The van der Waals surface area contributed by atoms with Gasteiger partial charge in [-0.15, -0.1) is 24.8 Å². The SMILES string of the molecule is Cl.Cl.Fc1ccc2[nH]cc(CCCCNC3COc4c(ccc5ncccc45)C3)c2c1. The Balaban J connectivity index is 0.00000136. The number of nitrogens with one attached hydrogen (secondary N) is 2. The number of aromatic amines is 1. The number of unbranched alkanes of at least 4 members (excludes halogenated alkanes) is 1. The van der Waals surface area contributed by atoms with Gasteiger partial charge in [-0.05, 0) is 79.8 Å². The number of hydrogen-bond acceptors (Lipinski definition) is 3. The Morgan fingerprint density at radius 2 is 2.00 bits per heavy atom. The molecule has 1 unspecified atom stereocenters. The van der Waals surface area contributed by atoms with E-state index in [1.54, 1.807) is 12.1 Å². The summed E-state index contributed by atoms with van der Waals surface area (Å²) in [6.07, 6.45) is 7.89. The van der Waals surface area contributed by atoms with Crippen molar-refractivity contribution in [1.82, 2.24) is 15.3 Å². The average Bonchev–Trinajstić information content (AvgIpc) is 3.15. The first-order valence-corrected chi connectivity index (χ1v) is 10.3. The van der Waals surface area contributed by atoms with E-state index in [1.807, 2.05) is 18.5 Å². The lowest BCUT2D eigenvalue weighted by molar-refractivity contribution is 0.241. The van der Waals surface area contributed by atoms with Crippen LogP contribution < -0.4 is 10.1 Å². The molecule has 1 aliphatic rings. The van der Waals surface area contributed by atoms with Crippen molar-refractivity contribution in [3.8, 4) is 5.75 Å². The highest BCUT2D eigenvalue weighted by Crippen LogP contribution is 2.32. The fourth-order valence-corrected chi connectivity index (χ4v) is 4.25. The zero-order valence-corrected chi connectivity index (χ0v) is 18.7. The molecule has 4 aromatic rings. The second-order valence-electron chi connectivity index (χ2n) is 7.75. The van der Waals surface area contributed by atoms with Crippen LogP contribution in [0, 0.1) is 5.82 Å². The van der Waals surface area contributed by atoms with Crippen molar-refractivity contribution in [2.75, 3.05) is 13.2 Å². The van der Waals surface area contributed by atoms with E-state index in [-0.39, 0.29) is 30.6 Å². The molecule has 4 nitrogen and oxygen atoms in total. The van der Waals surface area contributed by atoms with Crippen LogP contribution >= 0.6 is 24.8 Å². The minimum absolute atomic E-state index is 0. The summed E-state index contributed by atoms with van der Waals surface area (Å²) in [4.78, 5) is 7.63. The van der Waals surface area contributed by atoms with E-state index in [0.29, 0.717) is 12.6 Å². The second kappa shape index (κ2) is 10.3. The maximum atomic E-state index is 13.5. The number of H-pyrrole nitrogens is 1. The van der Waals surface area contributed by atoms with Crippen LogP contribution in [0.15, 0.2) is 54.9 Å². The summed E-state index contributed by atoms with van der Waals surface area (Å²) < 4.78 is 19.6. The van der Waals surface area contributed by atoms with Gasteiger partial charge in [0, 0.05) is 34.7 Å². The molecule has 2 aromatic heterocycles. The van der Waals surface area contributed by atoms with Crippen LogP contribution in [0.25, 0.3) is 21.8 Å². The zero-order valence-electron chi connectivity index (χ0n) is 17.1. The van der Waals surface area contributed by atoms with Crippen LogP contribution in [0.4, 0.5) is 4.39 Å². The van der Waals surface area contributed by atoms with Gasteiger partial charge in [0.1, 0.15) is 18.2 Å². The number of rotatable bonds is 6. The number of halogens is 3. The van der Waals surface area contributed by atoms with Gasteiger partial charge in [0.25, 0.3) is 0 Å². The van der Waals surface area contributed by atoms with Gasteiger partial charge in [-0.1, -0.05) is 6.07 Å². The van der Waals surface area contributed by atoms with E-state index >= 15 is 0 Å². The highest BCUT2D eigenvalue weighted by molar-refractivity contribution is 5.87. The molecule has 0 radical (unpaired) electrons. The van der Waals surface area contributed by atoms with Gasteiger partial charge >= 0.3 is 0 Å². The smallest absolute Gasteiger partial charge is 0.132 e. The number of nitrogens with zero attached hydrogens (tertiary/aromatic N) is 1. The molecule has 0 saturated heterocycles. The summed E-state index contributed by atoms with van der Waals surface area (Å²) in [6, 6.07) is 13.5. The predicted octanol–water partition coefficient (Wildman–Crippen LogP) is 5.61. The quantitative estimate of drug-likeness (QED) is 0.366. The van der Waals surface area contributed by atoms with Crippen molar-refractivity contribution >= 4 is 46.6 Å². The molecular weight excluding hydrogens is 436 g/mol. The van der Waals surface area contributed by atoms with E-state index in [2.05, 4.69) is 33.5 Å². The maximum absolute atomic E-state index is 13.5. The van der Waals surface area contributed by atoms with Gasteiger partial charge in [0.2, 0.25) is 0 Å². The first kappa shape index (κ1) is 23.3. The molecule has 0 amide bonds. The maximum Gasteiger partial charge on any atom is 0.132 e. The lowest BCUT2D eigenvalue weighted by Gasteiger charge is -2.27. The Bertz CT molecular complexity index is 1160. The van der Waals surface area contributed by atoms with Crippen molar-refractivity contribution in [3.05, 3.63) is 71.8 Å². The number of aryl methyl sites for hydroxylation is 1. The van der Waals surface area contributed by atoms with Gasteiger partial charge in [-0.3, -0.25) is 4.98 Å². The summed E-state index contributed by atoms with van der Waals surface area (Å²) in [6.45, 7) is 1.64. The van der Waals surface area contributed by atoms with Crippen LogP contribution in [0.5, 0.6) is 5.75 Å². The summed E-state index contributed by atoms with van der Waals surface area (Å²) >= 11 is 0. The monoisotopic (exact) mass is 461 g/mol. The molecule has 2 N–H and O–H groups in total. The van der Waals surface area contributed by atoms with E-state index in [1.165, 1.54) is 17.2 Å². The van der Waals surface area contributed by atoms with Gasteiger partial charge in [-0.2, -0.15) is 0 Å². The fraction of sp³-hybridized carbons (Fsp3) is 0.292. The van der Waals surface area contributed by atoms with Crippen LogP contribution in [-0.2, 0) is 12.8 Å². The molecule has 3 heterocycles. The van der Waals surface area contributed by atoms with Crippen molar-refractivity contribution < 1.29 is 9.13 Å². The molecule has 31 heavy (non-hydrogen) atoms. The van der Waals surface area contributed by atoms with Crippen LogP contribution in [0.1, 0.15) is 24.0 Å². The van der Waals surface area contributed by atoms with Gasteiger partial charge in [0.15, 0.2) is 0 Å². The van der Waals surface area contributed by atoms with Crippen molar-refractivity contribution in [3.63, 3.8) is 0 Å². The van der Waals surface area contributed by atoms with E-state index in [0.717, 1.165) is 59.8 Å². The first-order valence-electron chi connectivity index (χ1n) is 10.3. The molecule has 7 heteroatoms. The van der Waals surface area contributed by atoms with Gasteiger partial charge in [0.05, 0.1) is 5.52 Å². The third-order valence-electron chi connectivity index (χ3n) is 5.75. The highest BCUT2D eigenvalue weighted by atomic mass is 35.5. The third kappa shape index (κ3) is 4.95. The molecule has 0 spiro atoms. The molecular formula is C24H26Cl2FN3O. The largest absolute Gasteiger partial charge is 0.491 e. The van der Waals surface area contributed by atoms with Crippen LogP contribution in [0.3, 0.4) is 0 Å². The van der Waals surface area contributed by atoms with E-state index in [9.17, 15) is 4.39 Å².